The van der Waals surface area contributed by atoms with Gasteiger partial charge in [-0.25, -0.2) is 14.2 Å². The minimum absolute atomic E-state index is 0.128. The molecule has 21 heavy (non-hydrogen) atoms. The Morgan fingerprint density at radius 2 is 1.95 bits per heavy atom. The molecule has 0 aliphatic rings. The standard InChI is InChI=1S/C15H15BrF2N2O/c1-8-7-9(3-6-12(8)21-2)15(20-19)13-11(17)5-4-10(16)14(13)18/h3-7,15,20H,19H2,1-2H3. The highest BCUT2D eigenvalue weighted by atomic mass is 79.9. The van der Waals surface area contributed by atoms with E-state index in [9.17, 15) is 8.78 Å². The first-order chi connectivity index (χ1) is 9.99. The van der Waals surface area contributed by atoms with Crippen LogP contribution < -0.4 is 16.0 Å². The van der Waals surface area contributed by atoms with E-state index in [0.29, 0.717) is 11.3 Å². The maximum Gasteiger partial charge on any atom is 0.145 e. The highest BCUT2D eigenvalue weighted by molar-refractivity contribution is 9.10. The lowest BCUT2D eigenvalue weighted by Crippen LogP contribution is -2.30. The van der Waals surface area contributed by atoms with Crippen molar-refractivity contribution in [3.8, 4) is 5.75 Å². The number of halogens is 3. The average molecular weight is 357 g/mol. The summed E-state index contributed by atoms with van der Waals surface area (Å²) in [5.74, 6) is 4.88. The Morgan fingerprint density at radius 3 is 2.52 bits per heavy atom. The van der Waals surface area contributed by atoms with E-state index in [4.69, 9.17) is 10.6 Å². The number of aryl methyl sites for hydroxylation is 1. The molecule has 112 valence electrons. The van der Waals surface area contributed by atoms with Crippen LogP contribution in [0.15, 0.2) is 34.8 Å². The van der Waals surface area contributed by atoms with Crippen LogP contribution in [-0.4, -0.2) is 7.11 Å². The largest absolute Gasteiger partial charge is 0.496 e. The summed E-state index contributed by atoms with van der Waals surface area (Å²) in [5.41, 5.74) is 3.84. The number of nitrogens with one attached hydrogen (secondary N) is 1. The minimum Gasteiger partial charge on any atom is -0.496 e. The normalized spacial score (nSPS) is 12.3. The molecule has 0 radical (unpaired) electrons. The molecule has 0 amide bonds. The fourth-order valence-electron chi connectivity index (χ4n) is 2.23. The second kappa shape index (κ2) is 6.51. The maximum atomic E-state index is 14.2. The molecule has 2 aromatic rings. The third-order valence-corrected chi connectivity index (χ3v) is 3.90. The van der Waals surface area contributed by atoms with Gasteiger partial charge in [0.2, 0.25) is 0 Å². The molecule has 0 bridgehead atoms. The Bertz CT molecular complexity index is 664. The van der Waals surface area contributed by atoms with Crippen molar-refractivity contribution in [2.45, 2.75) is 13.0 Å². The third kappa shape index (κ3) is 3.07. The molecule has 1 atom stereocenters. The van der Waals surface area contributed by atoms with Gasteiger partial charge >= 0.3 is 0 Å². The molecule has 0 spiro atoms. The lowest BCUT2D eigenvalue weighted by atomic mass is 9.96. The Kier molecular flexibility index (Phi) is 4.92. The van der Waals surface area contributed by atoms with Gasteiger partial charge in [-0.2, -0.15) is 0 Å². The van der Waals surface area contributed by atoms with Gasteiger partial charge in [0, 0.05) is 5.56 Å². The minimum atomic E-state index is -0.799. The molecule has 0 aromatic heterocycles. The van der Waals surface area contributed by atoms with Gasteiger partial charge in [0.25, 0.3) is 0 Å². The number of benzene rings is 2. The molecule has 0 aliphatic heterocycles. The van der Waals surface area contributed by atoms with Gasteiger partial charge < -0.3 is 4.74 Å². The van der Waals surface area contributed by atoms with Gasteiger partial charge in [0.1, 0.15) is 17.4 Å². The summed E-state index contributed by atoms with van der Waals surface area (Å²) < 4.78 is 33.6. The van der Waals surface area contributed by atoms with Crippen LogP contribution in [0.2, 0.25) is 0 Å². The monoisotopic (exact) mass is 356 g/mol. The first-order valence-electron chi connectivity index (χ1n) is 6.23. The van der Waals surface area contributed by atoms with Crippen molar-refractivity contribution in [2.75, 3.05) is 7.11 Å². The predicted molar refractivity (Wildman–Crippen MR) is 81.0 cm³/mol. The second-order valence-corrected chi connectivity index (χ2v) is 5.44. The number of ether oxygens (including phenoxy) is 1. The molecular formula is C15H15BrF2N2O. The van der Waals surface area contributed by atoms with E-state index in [2.05, 4.69) is 21.4 Å². The summed E-state index contributed by atoms with van der Waals surface area (Å²) in [7, 11) is 1.56. The zero-order valence-electron chi connectivity index (χ0n) is 11.6. The molecule has 3 nitrogen and oxygen atoms in total. The van der Waals surface area contributed by atoms with E-state index in [1.54, 1.807) is 25.3 Å². The Hall–Kier alpha value is -1.50. The molecule has 0 aliphatic carbocycles. The SMILES string of the molecule is COc1ccc(C(NN)c2c(F)ccc(Br)c2F)cc1C. The van der Waals surface area contributed by atoms with Gasteiger partial charge in [-0.3, -0.25) is 5.84 Å². The van der Waals surface area contributed by atoms with E-state index >= 15 is 0 Å². The molecule has 0 fully saturated rings. The van der Waals surface area contributed by atoms with Crippen LogP contribution in [0.1, 0.15) is 22.7 Å². The highest BCUT2D eigenvalue weighted by Gasteiger charge is 2.23. The number of methoxy groups -OCH3 is 1. The molecule has 6 heteroatoms. The zero-order valence-corrected chi connectivity index (χ0v) is 13.2. The quantitative estimate of drug-likeness (QED) is 0.499. The van der Waals surface area contributed by atoms with Crippen LogP contribution in [0.5, 0.6) is 5.75 Å². The molecular weight excluding hydrogens is 342 g/mol. The molecule has 3 N–H and O–H groups in total. The average Bonchev–Trinajstić information content (AvgIpc) is 2.47. The maximum absolute atomic E-state index is 14.2. The van der Waals surface area contributed by atoms with Crippen molar-refractivity contribution < 1.29 is 13.5 Å². The van der Waals surface area contributed by atoms with Gasteiger partial charge in [-0.1, -0.05) is 12.1 Å². The summed E-state index contributed by atoms with van der Waals surface area (Å²) in [6, 6.07) is 6.96. The molecule has 0 saturated heterocycles. The Balaban J connectivity index is 2.55. The van der Waals surface area contributed by atoms with Crippen molar-refractivity contribution in [1.29, 1.82) is 0 Å². The number of hydrogen-bond donors (Lipinski definition) is 2. The van der Waals surface area contributed by atoms with Gasteiger partial charge in [-0.05, 0) is 52.2 Å². The fourth-order valence-corrected chi connectivity index (χ4v) is 2.58. The zero-order chi connectivity index (χ0) is 15.6. The predicted octanol–water partition coefficient (Wildman–Crippen LogP) is 3.60. The van der Waals surface area contributed by atoms with Crippen LogP contribution in [0.25, 0.3) is 0 Å². The number of nitrogens with two attached hydrogens (primary N) is 1. The molecule has 2 rings (SSSR count). The summed E-state index contributed by atoms with van der Waals surface area (Å²) in [4.78, 5) is 0. The van der Waals surface area contributed by atoms with Crippen LogP contribution in [0.4, 0.5) is 8.78 Å². The third-order valence-electron chi connectivity index (χ3n) is 3.29. The van der Waals surface area contributed by atoms with E-state index in [0.717, 1.165) is 5.56 Å². The van der Waals surface area contributed by atoms with Crippen molar-refractivity contribution in [3.63, 3.8) is 0 Å². The fraction of sp³-hybridized carbons (Fsp3) is 0.200. The summed E-state index contributed by atoms with van der Waals surface area (Å²) in [6.45, 7) is 1.85. The van der Waals surface area contributed by atoms with E-state index in [1.165, 1.54) is 12.1 Å². The van der Waals surface area contributed by atoms with Crippen LogP contribution >= 0.6 is 15.9 Å². The van der Waals surface area contributed by atoms with Crippen LogP contribution in [-0.2, 0) is 0 Å². The molecule has 1 unspecified atom stereocenters. The smallest absolute Gasteiger partial charge is 0.145 e. The van der Waals surface area contributed by atoms with Gasteiger partial charge in [-0.15, -0.1) is 0 Å². The summed E-state index contributed by atoms with van der Waals surface area (Å²) in [6.07, 6.45) is 0. The topological polar surface area (TPSA) is 47.3 Å². The van der Waals surface area contributed by atoms with Gasteiger partial charge in [0.05, 0.1) is 17.6 Å². The van der Waals surface area contributed by atoms with E-state index in [1.807, 2.05) is 6.92 Å². The first kappa shape index (κ1) is 15.9. The lowest BCUT2D eigenvalue weighted by molar-refractivity contribution is 0.411. The molecule has 2 aromatic carbocycles. The van der Waals surface area contributed by atoms with Crippen molar-refractivity contribution in [1.82, 2.24) is 5.43 Å². The van der Waals surface area contributed by atoms with E-state index < -0.39 is 17.7 Å². The first-order valence-corrected chi connectivity index (χ1v) is 7.03. The molecule has 0 heterocycles. The van der Waals surface area contributed by atoms with Crippen LogP contribution in [0, 0.1) is 18.6 Å². The number of rotatable bonds is 4. The summed E-state index contributed by atoms with van der Waals surface area (Å²) in [5, 5.41) is 0. The second-order valence-electron chi connectivity index (χ2n) is 4.59. The highest BCUT2D eigenvalue weighted by Crippen LogP contribution is 2.32. The van der Waals surface area contributed by atoms with Crippen molar-refractivity contribution in [2.24, 2.45) is 5.84 Å². The van der Waals surface area contributed by atoms with Gasteiger partial charge in [0.15, 0.2) is 0 Å². The van der Waals surface area contributed by atoms with E-state index in [-0.39, 0.29) is 10.0 Å². The summed E-state index contributed by atoms with van der Waals surface area (Å²) >= 11 is 3.06. The molecule has 0 saturated carbocycles. The van der Waals surface area contributed by atoms with Crippen LogP contribution in [0.3, 0.4) is 0 Å². The number of hydrazine groups is 1. The lowest BCUT2D eigenvalue weighted by Gasteiger charge is -2.20. The van der Waals surface area contributed by atoms with Crippen molar-refractivity contribution in [3.05, 3.63) is 63.1 Å². The number of hydrogen-bond acceptors (Lipinski definition) is 3. The Labute approximate surface area is 130 Å². The van der Waals surface area contributed by atoms with Crippen molar-refractivity contribution >= 4 is 15.9 Å². The Morgan fingerprint density at radius 1 is 1.24 bits per heavy atom.